The summed E-state index contributed by atoms with van der Waals surface area (Å²) in [6, 6.07) is 7.11. The van der Waals surface area contributed by atoms with Crippen molar-refractivity contribution in [2.24, 2.45) is 0 Å². The molecule has 0 N–H and O–H groups in total. The van der Waals surface area contributed by atoms with Gasteiger partial charge >= 0.3 is 5.97 Å². The molecule has 2 rings (SSSR count). The summed E-state index contributed by atoms with van der Waals surface area (Å²) < 4.78 is 10.2. The van der Waals surface area contributed by atoms with Crippen LogP contribution in [-0.4, -0.2) is 31.1 Å². The quantitative estimate of drug-likeness (QED) is 0.448. The number of esters is 1. The maximum atomic E-state index is 11.8. The number of Topliss-reactive ketones (excluding diaryl/α,β-unsaturated/α-hetero) is 1. The molecule has 0 unspecified atom stereocenters. The Kier molecular flexibility index (Phi) is 4.00. The second kappa shape index (κ2) is 5.53. The van der Waals surface area contributed by atoms with E-state index in [0.717, 1.165) is 24.8 Å². The normalized spacial score (nSPS) is 15.9. The fourth-order valence-corrected chi connectivity index (χ4v) is 2.10. The number of rotatable bonds is 6. The summed E-state index contributed by atoms with van der Waals surface area (Å²) in [6.07, 6.45) is 2.85. The number of ketones is 1. The van der Waals surface area contributed by atoms with E-state index in [1.54, 1.807) is 32.2 Å². The lowest BCUT2D eigenvalue weighted by Gasteiger charge is -2.13. The van der Waals surface area contributed by atoms with E-state index >= 15 is 0 Å². The van der Waals surface area contributed by atoms with Gasteiger partial charge in [0.25, 0.3) is 5.78 Å². The Balaban J connectivity index is 2.11. The summed E-state index contributed by atoms with van der Waals surface area (Å²) in [7, 11) is 1.71. The molecule has 0 spiro atoms. The molecule has 0 saturated heterocycles. The fraction of sp³-hybridized carbons (Fsp3) is 0.467. The van der Waals surface area contributed by atoms with Crippen molar-refractivity contribution in [3.63, 3.8) is 0 Å². The molecule has 1 aromatic carbocycles. The van der Waals surface area contributed by atoms with Crippen molar-refractivity contribution in [3.05, 3.63) is 35.4 Å². The van der Waals surface area contributed by atoms with Gasteiger partial charge in [0.15, 0.2) is 0 Å². The molecule has 1 aromatic rings. The fourth-order valence-electron chi connectivity index (χ4n) is 2.10. The first-order valence-corrected chi connectivity index (χ1v) is 6.46. The third kappa shape index (κ3) is 3.20. The van der Waals surface area contributed by atoms with Crippen molar-refractivity contribution in [2.45, 2.75) is 31.8 Å². The van der Waals surface area contributed by atoms with Gasteiger partial charge in [-0.2, -0.15) is 0 Å². The molecule has 0 atom stereocenters. The van der Waals surface area contributed by atoms with Crippen LogP contribution in [0.5, 0.6) is 0 Å². The summed E-state index contributed by atoms with van der Waals surface area (Å²) in [5.41, 5.74) is 1.32. The maximum Gasteiger partial charge on any atom is 0.379 e. The molecule has 0 heterocycles. The van der Waals surface area contributed by atoms with Crippen LogP contribution in [-0.2, 0) is 20.7 Å². The number of hydrogen-bond acceptors (Lipinski definition) is 4. The monoisotopic (exact) mass is 262 g/mol. The van der Waals surface area contributed by atoms with Gasteiger partial charge in [0.1, 0.15) is 0 Å². The zero-order valence-electron chi connectivity index (χ0n) is 11.3. The second-order valence-corrected chi connectivity index (χ2v) is 4.81. The molecule has 0 aromatic heterocycles. The van der Waals surface area contributed by atoms with Crippen LogP contribution in [0.15, 0.2) is 24.3 Å². The standard InChI is InChI=1S/C15H18O4/c1-3-19-14(17)13(16)12-6-4-5-11(9-12)10-15(18-2)7-8-15/h4-6,9H,3,7-8,10H2,1-2H3. The number of ether oxygens (including phenoxy) is 2. The maximum absolute atomic E-state index is 11.8. The molecule has 4 heteroatoms. The number of benzene rings is 1. The predicted molar refractivity (Wildman–Crippen MR) is 70.1 cm³/mol. The Morgan fingerprint density at radius 2 is 2.05 bits per heavy atom. The van der Waals surface area contributed by atoms with Crippen LogP contribution < -0.4 is 0 Å². The Morgan fingerprint density at radius 1 is 1.32 bits per heavy atom. The van der Waals surface area contributed by atoms with Crippen LogP contribution in [0, 0.1) is 0 Å². The highest BCUT2D eigenvalue weighted by Crippen LogP contribution is 2.41. The Hall–Kier alpha value is -1.68. The van der Waals surface area contributed by atoms with E-state index in [9.17, 15) is 9.59 Å². The molecule has 0 radical (unpaired) electrons. The zero-order valence-corrected chi connectivity index (χ0v) is 11.3. The highest BCUT2D eigenvalue weighted by Gasteiger charge is 2.42. The number of hydrogen-bond donors (Lipinski definition) is 0. The van der Waals surface area contributed by atoms with Crippen molar-refractivity contribution in [2.75, 3.05) is 13.7 Å². The largest absolute Gasteiger partial charge is 0.460 e. The van der Waals surface area contributed by atoms with Crippen LogP contribution in [0.4, 0.5) is 0 Å². The van der Waals surface area contributed by atoms with Gasteiger partial charge in [-0.15, -0.1) is 0 Å². The van der Waals surface area contributed by atoms with E-state index in [-0.39, 0.29) is 12.2 Å². The lowest BCUT2D eigenvalue weighted by Crippen LogP contribution is -2.18. The van der Waals surface area contributed by atoms with Crippen molar-refractivity contribution < 1.29 is 19.1 Å². The minimum absolute atomic E-state index is 0.0639. The van der Waals surface area contributed by atoms with E-state index in [1.807, 2.05) is 6.07 Å². The molecule has 19 heavy (non-hydrogen) atoms. The van der Waals surface area contributed by atoms with Gasteiger partial charge in [-0.3, -0.25) is 4.79 Å². The highest BCUT2D eigenvalue weighted by molar-refractivity contribution is 6.40. The smallest absolute Gasteiger partial charge is 0.379 e. The Bertz CT molecular complexity index is 489. The van der Waals surface area contributed by atoms with Gasteiger partial charge in [0.05, 0.1) is 12.2 Å². The number of carbonyl (C=O) groups is 2. The lowest BCUT2D eigenvalue weighted by atomic mass is 10.0. The molecule has 0 amide bonds. The van der Waals surface area contributed by atoms with E-state index in [1.165, 1.54) is 0 Å². The molecule has 1 saturated carbocycles. The van der Waals surface area contributed by atoms with E-state index in [4.69, 9.17) is 9.47 Å². The predicted octanol–water partition coefficient (Wildman–Crippen LogP) is 2.15. The van der Waals surface area contributed by atoms with Gasteiger partial charge in [0.2, 0.25) is 0 Å². The summed E-state index contributed by atoms with van der Waals surface area (Å²) in [5.74, 6) is -1.39. The first kappa shape index (κ1) is 13.7. The van der Waals surface area contributed by atoms with Gasteiger partial charge in [-0.05, 0) is 31.4 Å². The zero-order chi connectivity index (χ0) is 13.9. The molecule has 1 aliphatic rings. The molecule has 4 nitrogen and oxygen atoms in total. The average molecular weight is 262 g/mol. The molecule has 0 aliphatic heterocycles. The molecule has 0 bridgehead atoms. The summed E-state index contributed by atoms with van der Waals surface area (Å²) in [5, 5.41) is 0. The van der Waals surface area contributed by atoms with Crippen molar-refractivity contribution in [1.82, 2.24) is 0 Å². The summed E-state index contributed by atoms with van der Waals surface area (Å²) >= 11 is 0. The molecular formula is C15H18O4. The van der Waals surface area contributed by atoms with E-state index in [0.29, 0.717) is 5.56 Å². The molecular weight excluding hydrogens is 244 g/mol. The summed E-state index contributed by atoms with van der Waals surface area (Å²) in [6.45, 7) is 1.88. The van der Waals surface area contributed by atoms with Gasteiger partial charge in [0, 0.05) is 19.1 Å². The topological polar surface area (TPSA) is 52.6 Å². The number of methoxy groups -OCH3 is 1. The second-order valence-electron chi connectivity index (χ2n) is 4.81. The van der Waals surface area contributed by atoms with Crippen LogP contribution in [0.2, 0.25) is 0 Å². The van der Waals surface area contributed by atoms with E-state index < -0.39 is 11.8 Å². The Labute approximate surface area is 112 Å². The van der Waals surface area contributed by atoms with Gasteiger partial charge < -0.3 is 9.47 Å². The van der Waals surface area contributed by atoms with Crippen LogP contribution in [0.1, 0.15) is 35.7 Å². The minimum atomic E-state index is -0.799. The first-order chi connectivity index (χ1) is 9.10. The molecule has 1 aliphatic carbocycles. The van der Waals surface area contributed by atoms with Crippen LogP contribution >= 0.6 is 0 Å². The highest BCUT2D eigenvalue weighted by atomic mass is 16.5. The minimum Gasteiger partial charge on any atom is -0.460 e. The van der Waals surface area contributed by atoms with Crippen molar-refractivity contribution >= 4 is 11.8 Å². The third-order valence-corrected chi connectivity index (χ3v) is 3.42. The molecule has 1 fully saturated rings. The van der Waals surface area contributed by atoms with Gasteiger partial charge in [-0.25, -0.2) is 4.79 Å². The number of carbonyl (C=O) groups excluding carboxylic acids is 2. The van der Waals surface area contributed by atoms with Crippen LogP contribution in [0.3, 0.4) is 0 Å². The lowest BCUT2D eigenvalue weighted by molar-refractivity contribution is -0.137. The van der Waals surface area contributed by atoms with Crippen LogP contribution in [0.25, 0.3) is 0 Å². The van der Waals surface area contributed by atoms with Crippen molar-refractivity contribution in [1.29, 1.82) is 0 Å². The third-order valence-electron chi connectivity index (χ3n) is 3.42. The van der Waals surface area contributed by atoms with Crippen molar-refractivity contribution in [3.8, 4) is 0 Å². The Morgan fingerprint density at radius 3 is 2.63 bits per heavy atom. The van der Waals surface area contributed by atoms with E-state index in [2.05, 4.69) is 0 Å². The molecule has 102 valence electrons. The SMILES string of the molecule is CCOC(=O)C(=O)c1cccc(CC2(OC)CC2)c1. The van der Waals surface area contributed by atoms with Gasteiger partial charge in [-0.1, -0.05) is 18.2 Å². The first-order valence-electron chi connectivity index (χ1n) is 6.46. The average Bonchev–Trinajstić information content (AvgIpc) is 3.19. The summed E-state index contributed by atoms with van der Waals surface area (Å²) in [4.78, 5) is 23.2.